The van der Waals surface area contributed by atoms with E-state index in [2.05, 4.69) is 15.2 Å². The van der Waals surface area contributed by atoms with Crippen LogP contribution in [0.25, 0.3) is 10.9 Å². The number of nitrogens with zero attached hydrogens (tertiary/aromatic N) is 5. The van der Waals surface area contributed by atoms with E-state index in [4.69, 9.17) is 0 Å². The summed E-state index contributed by atoms with van der Waals surface area (Å²) in [7, 11) is 0. The summed E-state index contributed by atoms with van der Waals surface area (Å²) in [6.45, 7) is 0.0731. The largest absolute Gasteiger partial charge is 0.336 e. The number of hydrogen-bond acceptors (Lipinski definition) is 6. The minimum absolute atomic E-state index is 0.260. The van der Waals surface area contributed by atoms with Gasteiger partial charge in [0, 0.05) is 6.54 Å². The molecule has 1 fully saturated rings. The van der Waals surface area contributed by atoms with Gasteiger partial charge in [0.2, 0.25) is 5.13 Å². The van der Waals surface area contributed by atoms with Crippen molar-refractivity contribution in [2.45, 2.75) is 31.9 Å². The van der Waals surface area contributed by atoms with E-state index in [0.29, 0.717) is 21.9 Å². The second-order valence-corrected chi connectivity index (χ2v) is 6.68. The molecule has 4 rings (SSSR count). The van der Waals surface area contributed by atoms with Gasteiger partial charge in [0.15, 0.2) is 0 Å². The van der Waals surface area contributed by atoms with Crippen LogP contribution in [0.1, 0.15) is 24.7 Å². The van der Waals surface area contributed by atoms with Crippen LogP contribution in [0.2, 0.25) is 0 Å². The summed E-state index contributed by atoms with van der Waals surface area (Å²) >= 11 is 1.39. The zero-order valence-corrected chi connectivity index (χ0v) is 14.0. The van der Waals surface area contributed by atoms with Crippen LogP contribution in [-0.2, 0) is 6.54 Å². The first kappa shape index (κ1) is 16.1. The molecule has 9 heteroatoms. The number of halogens is 2. The van der Waals surface area contributed by atoms with Crippen LogP contribution in [0.15, 0.2) is 34.6 Å². The molecule has 3 heterocycles. The molecule has 1 aliphatic rings. The molecule has 1 aromatic carbocycles. The maximum atomic E-state index is 13.1. The van der Waals surface area contributed by atoms with Crippen molar-refractivity contribution in [3.8, 4) is 0 Å². The minimum Gasteiger partial charge on any atom is -0.336 e. The third-order valence-corrected chi connectivity index (χ3v) is 5.08. The van der Waals surface area contributed by atoms with E-state index in [9.17, 15) is 13.6 Å². The molecule has 1 aliphatic heterocycles. The highest BCUT2D eigenvalue weighted by atomic mass is 32.1. The SMILES string of the molecule is O=c1c2ccccc2nc(C2CCCN2c2nncs2)n1CC(F)F. The summed E-state index contributed by atoms with van der Waals surface area (Å²) in [4.78, 5) is 19.4. The van der Waals surface area contributed by atoms with Crippen LogP contribution >= 0.6 is 11.3 Å². The molecule has 6 nitrogen and oxygen atoms in total. The number of aromatic nitrogens is 4. The summed E-state index contributed by atoms with van der Waals surface area (Å²) in [5.41, 5.74) is 1.73. The van der Waals surface area contributed by atoms with Crippen molar-refractivity contribution in [2.75, 3.05) is 11.4 Å². The predicted molar refractivity (Wildman–Crippen MR) is 91.2 cm³/mol. The van der Waals surface area contributed by atoms with E-state index in [-0.39, 0.29) is 6.04 Å². The number of benzene rings is 1. The second kappa shape index (κ2) is 6.47. The molecule has 0 aliphatic carbocycles. The molecule has 1 atom stereocenters. The third-order valence-electron chi connectivity index (χ3n) is 4.36. The number of rotatable bonds is 4. The van der Waals surface area contributed by atoms with Gasteiger partial charge >= 0.3 is 0 Å². The summed E-state index contributed by atoms with van der Waals surface area (Å²) in [6, 6.07) is 6.59. The molecule has 1 unspecified atom stereocenters. The molecule has 1 saturated heterocycles. The first-order valence-corrected chi connectivity index (χ1v) is 8.83. The Kier molecular flexibility index (Phi) is 4.16. The van der Waals surface area contributed by atoms with E-state index < -0.39 is 18.5 Å². The van der Waals surface area contributed by atoms with Crippen LogP contribution in [0.3, 0.4) is 0 Å². The Morgan fingerprint density at radius 3 is 2.92 bits per heavy atom. The first-order chi connectivity index (χ1) is 12.1. The fourth-order valence-corrected chi connectivity index (χ4v) is 3.95. The Labute approximate surface area is 145 Å². The summed E-state index contributed by atoms with van der Waals surface area (Å²) in [5, 5.41) is 9.00. The van der Waals surface area contributed by atoms with Gasteiger partial charge in [0.1, 0.15) is 11.3 Å². The lowest BCUT2D eigenvalue weighted by molar-refractivity contribution is 0.123. The average Bonchev–Trinajstić information content (AvgIpc) is 3.27. The van der Waals surface area contributed by atoms with Crippen molar-refractivity contribution >= 4 is 27.4 Å². The van der Waals surface area contributed by atoms with Crippen molar-refractivity contribution in [2.24, 2.45) is 0 Å². The molecule has 0 amide bonds. The van der Waals surface area contributed by atoms with Gasteiger partial charge in [0.05, 0.1) is 23.5 Å². The van der Waals surface area contributed by atoms with E-state index in [0.717, 1.165) is 24.0 Å². The molecular weight excluding hydrogens is 348 g/mol. The van der Waals surface area contributed by atoms with E-state index in [1.807, 2.05) is 4.90 Å². The van der Waals surface area contributed by atoms with E-state index >= 15 is 0 Å². The zero-order valence-electron chi connectivity index (χ0n) is 13.2. The van der Waals surface area contributed by atoms with E-state index in [1.165, 1.54) is 11.3 Å². The van der Waals surface area contributed by atoms with Gasteiger partial charge < -0.3 is 4.90 Å². The van der Waals surface area contributed by atoms with Gasteiger partial charge in [0.25, 0.3) is 12.0 Å². The number of fused-ring (bicyclic) bond motifs is 1. The van der Waals surface area contributed by atoms with Crippen molar-refractivity contribution < 1.29 is 8.78 Å². The maximum Gasteiger partial charge on any atom is 0.261 e. The standard InChI is InChI=1S/C16H15F2N5OS/c17-13(18)8-23-14(20-11-5-2-1-4-10(11)15(23)24)12-6-3-7-22(12)16-21-19-9-25-16/h1-2,4-5,9,12-13H,3,6-8H2. The first-order valence-electron chi connectivity index (χ1n) is 7.95. The highest BCUT2D eigenvalue weighted by Gasteiger charge is 2.32. The quantitative estimate of drug-likeness (QED) is 0.713. The van der Waals surface area contributed by atoms with Gasteiger partial charge in [-0.25, -0.2) is 13.8 Å². The van der Waals surface area contributed by atoms with Crippen molar-refractivity contribution in [1.29, 1.82) is 0 Å². The maximum absolute atomic E-state index is 13.1. The number of alkyl halides is 2. The van der Waals surface area contributed by atoms with Crippen molar-refractivity contribution in [3.63, 3.8) is 0 Å². The lowest BCUT2D eigenvalue weighted by Crippen LogP contribution is -2.33. The second-order valence-electron chi connectivity index (χ2n) is 5.87. The Hall–Kier alpha value is -2.42. The average molecular weight is 363 g/mol. The Balaban J connectivity index is 1.89. The number of anilines is 1. The monoisotopic (exact) mass is 363 g/mol. The van der Waals surface area contributed by atoms with Crippen LogP contribution in [-0.4, -0.2) is 32.7 Å². The Bertz CT molecular complexity index is 943. The smallest absolute Gasteiger partial charge is 0.261 e. The van der Waals surface area contributed by atoms with Crippen LogP contribution in [0.4, 0.5) is 13.9 Å². The third kappa shape index (κ3) is 2.88. The summed E-state index contributed by atoms with van der Waals surface area (Å²) < 4.78 is 27.4. The molecule has 0 bridgehead atoms. The lowest BCUT2D eigenvalue weighted by Gasteiger charge is -2.25. The molecule has 0 spiro atoms. The Morgan fingerprint density at radius 1 is 1.32 bits per heavy atom. The van der Waals surface area contributed by atoms with Gasteiger partial charge in [-0.3, -0.25) is 9.36 Å². The summed E-state index contributed by atoms with van der Waals surface area (Å²) in [6.07, 6.45) is -1.02. The molecule has 25 heavy (non-hydrogen) atoms. The number of para-hydroxylation sites is 1. The molecule has 130 valence electrons. The normalized spacial score (nSPS) is 17.7. The number of hydrogen-bond donors (Lipinski definition) is 0. The predicted octanol–water partition coefficient (Wildman–Crippen LogP) is 2.85. The van der Waals surface area contributed by atoms with Crippen molar-refractivity contribution in [1.82, 2.24) is 19.7 Å². The highest BCUT2D eigenvalue weighted by molar-refractivity contribution is 7.13. The molecule has 0 N–H and O–H groups in total. The van der Waals surface area contributed by atoms with Crippen LogP contribution in [0, 0.1) is 0 Å². The van der Waals surface area contributed by atoms with E-state index in [1.54, 1.807) is 29.8 Å². The van der Waals surface area contributed by atoms with Gasteiger partial charge in [-0.05, 0) is 25.0 Å². The minimum atomic E-state index is -2.63. The van der Waals surface area contributed by atoms with Gasteiger partial charge in [-0.15, -0.1) is 10.2 Å². The fourth-order valence-electron chi connectivity index (χ4n) is 3.31. The van der Waals surface area contributed by atoms with Crippen LogP contribution < -0.4 is 10.5 Å². The zero-order chi connectivity index (χ0) is 17.4. The highest BCUT2D eigenvalue weighted by Crippen LogP contribution is 2.36. The topological polar surface area (TPSA) is 63.9 Å². The summed E-state index contributed by atoms with van der Waals surface area (Å²) in [5.74, 6) is 0.372. The molecular formula is C16H15F2N5OS. The molecule has 3 aromatic rings. The molecule has 0 radical (unpaired) electrons. The lowest BCUT2D eigenvalue weighted by atomic mass is 10.1. The Morgan fingerprint density at radius 2 is 2.16 bits per heavy atom. The fraction of sp³-hybridized carbons (Fsp3) is 0.375. The van der Waals surface area contributed by atoms with Crippen LogP contribution in [0.5, 0.6) is 0 Å². The molecule has 0 saturated carbocycles. The van der Waals surface area contributed by atoms with Crippen molar-refractivity contribution in [3.05, 3.63) is 46.0 Å². The van der Waals surface area contributed by atoms with Gasteiger partial charge in [-0.1, -0.05) is 23.5 Å². The molecule has 2 aromatic heterocycles. The van der Waals surface area contributed by atoms with Gasteiger partial charge in [-0.2, -0.15) is 0 Å².